The summed E-state index contributed by atoms with van der Waals surface area (Å²) in [7, 11) is 0. The number of alkyl halides is 5. The summed E-state index contributed by atoms with van der Waals surface area (Å²) in [5.74, 6) is 0. The van der Waals surface area contributed by atoms with Gasteiger partial charge in [-0.05, 0) is 0 Å². The third-order valence-electron chi connectivity index (χ3n) is 4.70. The van der Waals surface area contributed by atoms with E-state index >= 15 is 0 Å². The van der Waals surface area contributed by atoms with Crippen LogP contribution in [0.25, 0.3) is 0 Å². The molecule has 0 rings (SSSR count). The number of hydrogen-bond acceptors (Lipinski definition) is 12. The van der Waals surface area contributed by atoms with Crippen molar-refractivity contribution in [3.63, 3.8) is 0 Å². The second-order valence-corrected chi connectivity index (χ2v) is 10.9. The lowest BCUT2D eigenvalue weighted by Gasteiger charge is -2.23. The van der Waals surface area contributed by atoms with Crippen molar-refractivity contribution in [2.45, 2.75) is 18.3 Å². The smallest absolute Gasteiger partial charge is 0.104 e. The molecule has 0 aliphatic rings. The molecule has 0 radical (unpaired) electrons. The summed E-state index contributed by atoms with van der Waals surface area (Å²) in [5.41, 5.74) is 0. The zero-order valence-corrected chi connectivity index (χ0v) is 34.2. The minimum atomic E-state index is -0.297. The van der Waals surface area contributed by atoms with Gasteiger partial charge in [0.15, 0.2) is 0 Å². The Labute approximate surface area is 313 Å². The van der Waals surface area contributed by atoms with Gasteiger partial charge in [-0.15, -0.1) is 0 Å². The van der Waals surface area contributed by atoms with Gasteiger partial charge in [0.1, 0.15) is 18.3 Å². The monoisotopic (exact) mass is 1160 g/mol. The van der Waals surface area contributed by atoms with E-state index < -0.39 is 0 Å². The van der Waals surface area contributed by atoms with Crippen molar-refractivity contribution < 1.29 is 56.8 Å². The third kappa shape index (κ3) is 32.9. The molecule has 0 aromatic rings. The molecule has 0 spiro atoms. The third-order valence-corrected chi connectivity index (χ3v) is 6.90. The highest BCUT2D eigenvalue weighted by molar-refractivity contribution is 14.1. The fourth-order valence-corrected chi connectivity index (χ4v) is 4.41. The molecular formula is C24H45I5O12. The Balaban J connectivity index is 4.74. The van der Waals surface area contributed by atoms with Crippen LogP contribution in [0.4, 0.5) is 0 Å². The maximum Gasteiger partial charge on any atom is 0.104 e. The summed E-state index contributed by atoms with van der Waals surface area (Å²) >= 11 is 10.8. The largest absolute Gasteiger partial charge is 0.376 e. The highest BCUT2D eigenvalue weighted by Crippen LogP contribution is 2.04. The first-order chi connectivity index (χ1) is 20.2. The van der Waals surface area contributed by atoms with E-state index in [1.54, 1.807) is 0 Å². The Hall–Kier alpha value is 3.17. The summed E-state index contributed by atoms with van der Waals surface area (Å²) in [6.07, 6.45) is -0.783. The lowest BCUT2D eigenvalue weighted by atomic mass is 10.3. The van der Waals surface area contributed by atoms with E-state index in [2.05, 4.69) is 113 Å². The molecule has 0 amide bonds. The van der Waals surface area contributed by atoms with E-state index in [0.717, 1.165) is 0 Å². The number of rotatable bonds is 35. The lowest BCUT2D eigenvalue weighted by Crippen LogP contribution is -2.34. The van der Waals surface area contributed by atoms with E-state index in [9.17, 15) is 0 Å². The van der Waals surface area contributed by atoms with Crippen molar-refractivity contribution >= 4 is 113 Å². The molecule has 0 heterocycles. The van der Waals surface area contributed by atoms with Crippen LogP contribution in [0.2, 0.25) is 0 Å². The second-order valence-electron chi connectivity index (χ2n) is 7.79. The molecule has 0 N–H and O–H groups in total. The van der Waals surface area contributed by atoms with Crippen molar-refractivity contribution in [2.75, 3.05) is 129 Å². The van der Waals surface area contributed by atoms with E-state index in [1.165, 1.54) is 0 Å². The van der Waals surface area contributed by atoms with Crippen LogP contribution < -0.4 is 0 Å². The first-order valence-electron chi connectivity index (χ1n) is 13.1. The van der Waals surface area contributed by atoms with E-state index in [4.69, 9.17) is 56.8 Å². The van der Waals surface area contributed by atoms with Gasteiger partial charge in [-0.3, -0.25) is 0 Å². The summed E-state index contributed by atoms with van der Waals surface area (Å²) in [6.45, 7) is 7.03. The molecule has 0 aliphatic carbocycles. The Morgan fingerprint density at radius 2 is 0.488 bits per heavy atom. The minimum Gasteiger partial charge on any atom is -0.376 e. The predicted octanol–water partition coefficient (Wildman–Crippen LogP) is 4.25. The fraction of sp³-hybridized carbons (Fsp3) is 1.00. The molecule has 17 heteroatoms. The zero-order chi connectivity index (χ0) is 30.1. The molecule has 0 saturated heterocycles. The molecule has 2 unspecified atom stereocenters. The van der Waals surface area contributed by atoms with Gasteiger partial charge in [0, 0.05) is 0 Å². The number of halogens is 5. The first kappa shape index (κ1) is 44.2. The van der Waals surface area contributed by atoms with Crippen LogP contribution in [0.1, 0.15) is 0 Å². The number of hydrogen-bond donors (Lipinski definition) is 0. The van der Waals surface area contributed by atoms with Crippen molar-refractivity contribution in [1.29, 1.82) is 0 Å². The van der Waals surface area contributed by atoms with Gasteiger partial charge >= 0.3 is 0 Å². The molecule has 0 aromatic carbocycles. The summed E-state index contributed by atoms with van der Waals surface area (Å²) in [5, 5.41) is 0. The summed E-state index contributed by atoms with van der Waals surface area (Å²) in [4.78, 5) is 0. The van der Waals surface area contributed by atoms with Crippen LogP contribution in [0, 0.1) is 0 Å². The van der Waals surface area contributed by atoms with Gasteiger partial charge in [-0.2, -0.15) is 0 Å². The molecular weight excluding hydrogens is 1110 g/mol. The second kappa shape index (κ2) is 37.6. The van der Waals surface area contributed by atoms with Gasteiger partial charge in [0.25, 0.3) is 0 Å². The van der Waals surface area contributed by atoms with E-state index in [0.29, 0.717) is 129 Å². The average molecular weight is 1160 g/mol. The zero-order valence-electron chi connectivity index (χ0n) is 23.4. The van der Waals surface area contributed by atoms with E-state index in [1.807, 2.05) is 0 Å². The molecule has 12 nitrogen and oxygen atoms in total. The summed E-state index contributed by atoms with van der Waals surface area (Å²) < 4.78 is 71.1. The molecule has 248 valence electrons. The maximum absolute atomic E-state index is 5.99. The molecule has 2 atom stereocenters. The van der Waals surface area contributed by atoms with Crippen molar-refractivity contribution in [2.24, 2.45) is 0 Å². The minimum absolute atomic E-state index is 0.243. The normalized spacial score (nSPS) is 14.0. The summed E-state index contributed by atoms with van der Waals surface area (Å²) in [6, 6.07) is 0. The fourth-order valence-electron chi connectivity index (χ4n) is 2.85. The molecule has 0 bridgehead atoms. The van der Waals surface area contributed by atoms with Crippen molar-refractivity contribution in [1.82, 2.24) is 0 Å². The Morgan fingerprint density at radius 1 is 0.268 bits per heavy atom. The van der Waals surface area contributed by atoms with Gasteiger partial charge in [0.2, 0.25) is 0 Å². The number of ether oxygens (including phenoxy) is 12. The maximum atomic E-state index is 5.99. The highest BCUT2D eigenvalue weighted by Gasteiger charge is 2.17. The van der Waals surface area contributed by atoms with Crippen molar-refractivity contribution in [3.05, 3.63) is 0 Å². The standard InChI is InChI=1S/C24H45I5O12/c25-17-32-3-1-30-11-22(39-8-5-34-19-27)13-37-15-24(41-10-7-36-21-29)16-38-14-23(40-9-6-35-20-28)12-31-2-4-33-18-26/h22-24H,1-21H2. The first-order valence-corrected chi connectivity index (χ1v) is 20.7. The van der Waals surface area contributed by atoms with Crippen LogP contribution in [0.15, 0.2) is 0 Å². The topological polar surface area (TPSA) is 111 Å². The quantitative estimate of drug-likeness (QED) is 0.0515. The van der Waals surface area contributed by atoms with Gasteiger partial charge in [0.05, 0.1) is 129 Å². The van der Waals surface area contributed by atoms with Crippen LogP contribution in [0.5, 0.6) is 0 Å². The molecule has 0 fully saturated rings. The Bertz CT molecular complexity index is 472. The van der Waals surface area contributed by atoms with Crippen molar-refractivity contribution in [3.8, 4) is 0 Å². The molecule has 41 heavy (non-hydrogen) atoms. The van der Waals surface area contributed by atoms with Gasteiger partial charge < -0.3 is 56.8 Å². The highest BCUT2D eigenvalue weighted by atomic mass is 127. The van der Waals surface area contributed by atoms with Gasteiger partial charge in [-0.25, -0.2) is 0 Å². The predicted molar refractivity (Wildman–Crippen MR) is 197 cm³/mol. The Morgan fingerprint density at radius 3 is 0.756 bits per heavy atom. The van der Waals surface area contributed by atoms with Crippen LogP contribution in [-0.2, 0) is 56.8 Å². The van der Waals surface area contributed by atoms with Crippen LogP contribution >= 0.6 is 113 Å². The van der Waals surface area contributed by atoms with Crippen LogP contribution in [0.3, 0.4) is 0 Å². The van der Waals surface area contributed by atoms with Gasteiger partial charge in [-0.1, -0.05) is 113 Å². The average Bonchev–Trinajstić information content (AvgIpc) is 2.98. The Kier molecular flexibility index (Phi) is 40.5. The van der Waals surface area contributed by atoms with Crippen LogP contribution in [-0.4, -0.2) is 147 Å². The molecule has 0 saturated carbocycles. The SMILES string of the molecule is ICOCCOCC(COCC(COCC(COCCOCI)OCCOCI)OCCOCI)OCCOCI. The lowest BCUT2D eigenvalue weighted by molar-refractivity contribution is -0.117. The molecule has 0 aliphatic heterocycles. The van der Waals surface area contributed by atoms with E-state index in [-0.39, 0.29) is 18.3 Å². The molecule has 0 aromatic heterocycles.